The average Bonchev–Trinajstić information content (AvgIpc) is 2.75. The molecular weight excluding hydrogens is 238 g/mol. The molecule has 8 nitrogen and oxygen atoms in total. The van der Waals surface area contributed by atoms with Gasteiger partial charge in [-0.15, -0.1) is 0 Å². The van der Waals surface area contributed by atoms with Crippen molar-refractivity contribution in [3.63, 3.8) is 0 Å². The molecule has 6 N–H and O–H groups in total. The van der Waals surface area contributed by atoms with Crippen LogP contribution in [0.5, 0.6) is 0 Å². The normalized spacial score (nSPS) is 26.5. The lowest BCUT2D eigenvalue weighted by Gasteiger charge is -2.32. The first kappa shape index (κ1) is 13.1. The van der Waals surface area contributed by atoms with Crippen molar-refractivity contribution in [1.82, 2.24) is 15.5 Å². The van der Waals surface area contributed by atoms with Crippen LogP contribution in [0.3, 0.4) is 0 Å². The van der Waals surface area contributed by atoms with E-state index in [9.17, 15) is 5.11 Å². The minimum Gasteiger partial charge on any atom is -0.394 e. The van der Waals surface area contributed by atoms with Crippen molar-refractivity contribution in [3.05, 3.63) is 11.5 Å². The summed E-state index contributed by atoms with van der Waals surface area (Å²) in [4.78, 5) is 6.12. The van der Waals surface area contributed by atoms with Crippen LogP contribution in [0.4, 0.5) is 0 Å². The fraction of sp³-hybridized carbons (Fsp3) is 0.700. The van der Waals surface area contributed by atoms with Gasteiger partial charge in [0.2, 0.25) is 0 Å². The van der Waals surface area contributed by atoms with Gasteiger partial charge in [-0.2, -0.15) is 0 Å². The fourth-order valence-corrected chi connectivity index (χ4v) is 2.08. The number of nitrogens with one attached hydrogen (secondary N) is 2. The predicted molar refractivity (Wildman–Crippen MR) is 65.0 cm³/mol. The third kappa shape index (κ3) is 2.41. The largest absolute Gasteiger partial charge is 0.394 e. The summed E-state index contributed by atoms with van der Waals surface area (Å²) in [5.74, 6) is 0.518. The van der Waals surface area contributed by atoms with Crippen molar-refractivity contribution in [2.45, 2.75) is 25.4 Å². The van der Waals surface area contributed by atoms with Crippen molar-refractivity contribution >= 4 is 6.34 Å². The van der Waals surface area contributed by atoms with Gasteiger partial charge in [-0.05, 0) is 6.92 Å². The summed E-state index contributed by atoms with van der Waals surface area (Å²) >= 11 is 0. The molecule has 0 saturated carbocycles. The van der Waals surface area contributed by atoms with Crippen LogP contribution < -0.4 is 16.4 Å². The molecule has 0 radical (unpaired) electrons. The zero-order chi connectivity index (χ0) is 13.1. The van der Waals surface area contributed by atoms with Gasteiger partial charge in [-0.3, -0.25) is 0 Å². The zero-order valence-corrected chi connectivity index (χ0v) is 10.2. The van der Waals surface area contributed by atoms with Gasteiger partial charge >= 0.3 is 0 Å². The molecule has 18 heavy (non-hydrogen) atoms. The summed E-state index contributed by atoms with van der Waals surface area (Å²) in [6.45, 7) is 2.18. The Morgan fingerprint density at radius 3 is 3.17 bits per heavy atom. The summed E-state index contributed by atoms with van der Waals surface area (Å²) < 4.78 is 5.45. The summed E-state index contributed by atoms with van der Waals surface area (Å²) in [7, 11) is 0. The Morgan fingerprint density at radius 1 is 1.72 bits per heavy atom. The standard InChI is InChI=1S/C10H19N5O3/c1-6(17)10(18-3-2-16)15-5-14-7-8(11)12-4-13-9(7)15/h4,6,9-10,14,16-17H,2-3,5,11H2,1H3,(H,12,13)/t6-,9?,10?/m0/s1. The number of aliphatic hydroxyl groups is 2. The lowest BCUT2D eigenvalue weighted by Crippen LogP contribution is -2.48. The lowest BCUT2D eigenvalue weighted by atomic mass is 10.2. The third-order valence-electron chi connectivity index (χ3n) is 2.87. The van der Waals surface area contributed by atoms with Crippen molar-refractivity contribution in [2.75, 3.05) is 19.9 Å². The number of nitrogens with zero attached hydrogens (tertiary/aromatic N) is 2. The summed E-state index contributed by atoms with van der Waals surface area (Å²) in [5, 5.41) is 24.5. The van der Waals surface area contributed by atoms with Crippen molar-refractivity contribution < 1.29 is 14.9 Å². The van der Waals surface area contributed by atoms with E-state index in [2.05, 4.69) is 15.6 Å². The monoisotopic (exact) mass is 257 g/mol. The van der Waals surface area contributed by atoms with Crippen LogP contribution in [-0.2, 0) is 4.74 Å². The van der Waals surface area contributed by atoms with E-state index in [1.54, 1.807) is 6.92 Å². The van der Waals surface area contributed by atoms with Crippen LogP contribution in [-0.4, -0.2) is 59.8 Å². The summed E-state index contributed by atoms with van der Waals surface area (Å²) in [5.41, 5.74) is 6.58. The Hall–Kier alpha value is -1.35. The number of rotatable bonds is 5. The second-order valence-electron chi connectivity index (χ2n) is 4.20. The van der Waals surface area contributed by atoms with E-state index < -0.39 is 12.3 Å². The molecule has 2 aliphatic heterocycles. The Morgan fingerprint density at radius 2 is 2.50 bits per heavy atom. The van der Waals surface area contributed by atoms with Crippen LogP contribution >= 0.6 is 0 Å². The Labute approximate surface area is 105 Å². The molecule has 3 atom stereocenters. The van der Waals surface area contributed by atoms with E-state index in [1.165, 1.54) is 6.34 Å². The Kier molecular flexibility index (Phi) is 4.02. The van der Waals surface area contributed by atoms with Crippen LogP contribution in [0, 0.1) is 0 Å². The van der Waals surface area contributed by atoms with Crippen molar-refractivity contribution in [2.24, 2.45) is 10.7 Å². The highest BCUT2D eigenvalue weighted by Crippen LogP contribution is 2.23. The molecule has 2 aliphatic rings. The van der Waals surface area contributed by atoms with E-state index >= 15 is 0 Å². The van der Waals surface area contributed by atoms with E-state index in [4.69, 9.17) is 15.6 Å². The van der Waals surface area contributed by atoms with Crippen LogP contribution in [0.25, 0.3) is 0 Å². The number of hydrogen-bond donors (Lipinski definition) is 5. The van der Waals surface area contributed by atoms with Crippen LogP contribution in [0.2, 0.25) is 0 Å². The first-order valence-electron chi connectivity index (χ1n) is 5.83. The third-order valence-corrected chi connectivity index (χ3v) is 2.87. The maximum absolute atomic E-state index is 9.76. The molecule has 0 aromatic carbocycles. The summed E-state index contributed by atoms with van der Waals surface area (Å²) in [6.07, 6.45) is -0.0157. The highest BCUT2D eigenvalue weighted by molar-refractivity contribution is 5.60. The molecule has 0 bridgehead atoms. The molecule has 2 rings (SSSR count). The minimum atomic E-state index is -0.705. The molecule has 8 heteroatoms. The second kappa shape index (κ2) is 5.53. The van der Waals surface area contributed by atoms with Gasteiger partial charge in [0, 0.05) is 0 Å². The SMILES string of the molecule is C[C@H](O)C(OCCO)N1CNC2=C(N)NC=NC21. The van der Waals surface area contributed by atoms with Gasteiger partial charge in [0.25, 0.3) is 0 Å². The van der Waals surface area contributed by atoms with Crippen molar-refractivity contribution in [3.8, 4) is 0 Å². The van der Waals surface area contributed by atoms with E-state index in [-0.39, 0.29) is 19.4 Å². The van der Waals surface area contributed by atoms with Gasteiger partial charge < -0.3 is 31.3 Å². The summed E-state index contributed by atoms with van der Waals surface area (Å²) in [6, 6.07) is 0. The molecule has 0 amide bonds. The molecule has 2 unspecified atom stereocenters. The number of hydrogen-bond acceptors (Lipinski definition) is 8. The highest BCUT2D eigenvalue weighted by atomic mass is 16.5. The second-order valence-corrected chi connectivity index (χ2v) is 4.20. The average molecular weight is 257 g/mol. The molecule has 0 aromatic heterocycles. The smallest absolute Gasteiger partial charge is 0.151 e. The topological polar surface area (TPSA) is 115 Å². The molecule has 1 fully saturated rings. The van der Waals surface area contributed by atoms with Gasteiger partial charge in [0.05, 0.1) is 38.0 Å². The molecule has 0 aromatic rings. The number of ether oxygens (including phenoxy) is 1. The molecule has 2 heterocycles. The fourth-order valence-electron chi connectivity index (χ4n) is 2.08. The number of aliphatic imine (C=N–C) groups is 1. The Bertz CT molecular complexity index is 357. The molecular formula is C10H19N5O3. The van der Waals surface area contributed by atoms with E-state index in [1.807, 2.05) is 4.90 Å². The van der Waals surface area contributed by atoms with Gasteiger partial charge in [0.1, 0.15) is 12.0 Å². The maximum Gasteiger partial charge on any atom is 0.151 e. The van der Waals surface area contributed by atoms with Crippen molar-refractivity contribution in [1.29, 1.82) is 0 Å². The Balaban J connectivity index is 2.12. The quantitative estimate of drug-likeness (QED) is 0.374. The van der Waals surface area contributed by atoms with Gasteiger partial charge in [-0.1, -0.05) is 0 Å². The first-order valence-corrected chi connectivity index (χ1v) is 5.83. The number of aliphatic hydroxyl groups excluding tert-OH is 2. The maximum atomic E-state index is 9.76. The molecule has 0 aliphatic carbocycles. The van der Waals surface area contributed by atoms with Crippen LogP contribution in [0.1, 0.15) is 6.92 Å². The predicted octanol–water partition coefficient (Wildman–Crippen LogP) is -2.35. The van der Waals surface area contributed by atoms with Gasteiger partial charge in [-0.25, -0.2) is 9.89 Å². The molecule has 102 valence electrons. The highest BCUT2D eigenvalue weighted by Gasteiger charge is 2.38. The zero-order valence-electron chi connectivity index (χ0n) is 10.2. The van der Waals surface area contributed by atoms with Gasteiger partial charge in [0.15, 0.2) is 6.17 Å². The molecule has 1 saturated heterocycles. The number of nitrogens with two attached hydrogens (primary N) is 1. The lowest BCUT2D eigenvalue weighted by molar-refractivity contribution is -0.127. The first-order chi connectivity index (χ1) is 8.65. The van der Waals surface area contributed by atoms with E-state index in [0.717, 1.165) is 5.70 Å². The molecule has 0 spiro atoms. The minimum absolute atomic E-state index is 0.0924. The van der Waals surface area contributed by atoms with Crippen LogP contribution in [0.15, 0.2) is 16.5 Å². The number of fused-ring (bicyclic) bond motifs is 1. The van der Waals surface area contributed by atoms with E-state index in [0.29, 0.717) is 12.5 Å².